The van der Waals surface area contributed by atoms with Crippen molar-refractivity contribution in [2.45, 2.75) is 31.8 Å². The Balaban J connectivity index is 1.32. The first-order chi connectivity index (χ1) is 19.0. The highest BCUT2D eigenvalue weighted by atomic mass is 16.6. The van der Waals surface area contributed by atoms with E-state index in [1.165, 1.54) is 36.2 Å². The molecule has 2 aliphatic rings. The predicted octanol–water partition coefficient (Wildman–Crippen LogP) is 2.52. The van der Waals surface area contributed by atoms with Gasteiger partial charge in [0.15, 0.2) is 5.65 Å². The second kappa shape index (κ2) is 10.6. The molecule has 200 valence electrons. The summed E-state index contributed by atoms with van der Waals surface area (Å²) in [5.41, 5.74) is 7.54. The Morgan fingerprint density at radius 1 is 1.13 bits per heavy atom. The van der Waals surface area contributed by atoms with Crippen molar-refractivity contribution in [2.24, 2.45) is 0 Å². The lowest BCUT2D eigenvalue weighted by atomic mass is 10.1. The van der Waals surface area contributed by atoms with Crippen LogP contribution in [0.4, 0.5) is 11.6 Å². The zero-order chi connectivity index (χ0) is 26.9. The lowest BCUT2D eigenvalue weighted by molar-refractivity contribution is 0.00310. The highest BCUT2D eigenvalue weighted by Gasteiger charge is 2.23. The number of anilines is 2. The van der Waals surface area contributed by atoms with Gasteiger partial charge in [-0.3, -0.25) is 19.3 Å². The molecule has 0 spiro atoms. The summed E-state index contributed by atoms with van der Waals surface area (Å²) in [6.07, 6.45) is 6.85. The van der Waals surface area contributed by atoms with E-state index in [1.807, 2.05) is 18.2 Å². The van der Waals surface area contributed by atoms with Gasteiger partial charge in [0.2, 0.25) is 11.4 Å². The Hall–Kier alpha value is -4.12. The fourth-order valence-corrected chi connectivity index (χ4v) is 5.28. The third-order valence-electron chi connectivity index (χ3n) is 7.41. The van der Waals surface area contributed by atoms with E-state index in [9.17, 15) is 14.7 Å². The number of nitrogens with one attached hydrogen (secondary N) is 2. The molecule has 10 heteroatoms. The minimum atomic E-state index is -0.633. The minimum absolute atomic E-state index is 0.0579. The number of aliphatic hydroxyl groups is 1. The summed E-state index contributed by atoms with van der Waals surface area (Å²) in [7, 11) is 1.32. The van der Waals surface area contributed by atoms with Crippen LogP contribution in [0.25, 0.3) is 16.7 Å². The van der Waals surface area contributed by atoms with E-state index in [2.05, 4.69) is 44.9 Å². The predicted molar refractivity (Wildman–Crippen MR) is 148 cm³/mol. The van der Waals surface area contributed by atoms with Crippen molar-refractivity contribution in [1.82, 2.24) is 24.9 Å². The maximum Gasteiger partial charge on any atom is 0.280 e. The molecule has 0 unspecified atom stereocenters. The molecular formula is C29H30N6O4. The van der Waals surface area contributed by atoms with Gasteiger partial charge in [-0.1, -0.05) is 18.2 Å². The number of β-amino-alcohol motifs (C(OH)–C–C–N with tert-alkyl or cyclic N) is 1. The van der Waals surface area contributed by atoms with E-state index in [-0.39, 0.29) is 17.1 Å². The summed E-state index contributed by atoms with van der Waals surface area (Å²) in [6, 6.07) is 14.2. The van der Waals surface area contributed by atoms with Crippen LogP contribution in [0.2, 0.25) is 0 Å². The van der Waals surface area contributed by atoms with Crippen LogP contribution in [-0.4, -0.2) is 63.3 Å². The van der Waals surface area contributed by atoms with Crippen LogP contribution in [0, 0.1) is 0 Å². The Morgan fingerprint density at radius 2 is 1.92 bits per heavy atom. The lowest BCUT2D eigenvalue weighted by Crippen LogP contribution is -2.51. The van der Waals surface area contributed by atoms with Crippen LogP contribution < -0.4 is 16.2 Å². The van der Waals surface area contributed by atoms with Gasteiger partial charge >= 0.3 is 0 Å². The fraction of sp³-hybridized carbons (Fsp3) is 0.310. The highest BCUT2D eigenvalue weighted by molar-refractivity contribution is 5.96. The van der Waals surface area contributed by atoms with Crippen molar-refractivity contribution in [3.63, 3.8) is 0 Å². The molecule has 1 fully saturated rings. The van der Waals surface area contributed by atoms with Crippen LogP contribution in [0.1, 0.15) is 33.5 Å². The van der Waals surface area contributed by atoms with Crippen LogP contribution in [0.5, 0.6) is 0 Å². The number of nitrogens with zero attached hydrogens (tertiary/aromatic N) is 4. The molecule has 0 radical (unpaired) electrons. The van der Waals surface area contributed by atoms with E-state index in [0.29, 0.717) is 11.6 Å². The molecule has 6 rings (SSSR count). The largest absolute Gasteiger partial charge is 0.390 e. The van der Waals surface area contributed by atoms with E-state index in [0.717, 1.165) is 56.7 Å². The summed E-state index contributed by atoms with van der Waals surface area (Å²) in [6.45, 7) is 2.41. The van der Waals surface area contributed by atoms with Crippen molar-refractivity contribution in [3.8, 4) is 5.69 Å². The molecule has 1 saturated heterocycles. The molecular weight excluding hydrogens is 496 g/mol. The molecule has 0 atom stereocenters. The molecule has 1 aliphatic carbocycles. The van der Waals surface area contributed by atoms with Crippen molar-refractivity contribution >= 4 is 28.6 Å². The maximum absolute atomic E-state index is 13.2. The molecule has 2 aromatic heterocycles. The minimum Gasteiger partial charge on any atom is -0.390 e. The van der Waals surface area contributed by atoms with Crippen molar-refractivity contribution < 1.29 is 14.7 Å². The second-order valence-electron chi connectivity index (χ2n) is 10.1. The average Bonchev–Trinajstić information content (AvgIpc) is 3.40. The number of aliphatic hydroxyl groups excluding tert-OH is 1. The summed E-state index contributed by atoms with van der Waals surface area (Å²) >= 11 is 0. The molecule has 1 aliphatic heterocycles. The number of carbonyl (C=O) groups excluding carboxylic acids is 1. The third-order valence-corrected chi connectivity index (χ3v) is 7.41. The number of pyridine rings is 1. The van der Waals surface area contributed by atoms with Gasteiger partial charge < -0.3 is 15.0 Å². The van der Waals surface area contributed by atoms with E-state index in [1.54, 1.807) is 4.57 Å². The fourth-order valence-electron chi connectivity index (χ4n) is 5.28. The second-order valence-corrected chi connectivity index (χ2v) is 10.1. The topological polar surface area (TPSA) is 122 Å². The van der Waals surface area contributed by atoms with E-state index in [4.69, 9.17) is 9.82 Å². The number of benzene rings is 2. The smallest absolute Gasteiger partial charge is 0.280 e. The first-order valence-electron chi connectivity index (χ1n) is 13.1. The molecule has 0 saturated carbocycles. The third kappa shape index (κ3) is 5.14. The van der Waals surface area contributed by atoms with Gasteiger partial charge in [0.1, 0.15) is 5.56 Å². The molecule has 39 heavy (non-hydrogen) atoms. The Labute approximate surface area is 225 Å². The number of hydrogen-bond donors (Lipinski definition) is 3. The highest BCUT2D eigenvalue weighted by Crippen LogP contribution is 2.26. The number of hydroxylamine groups is 1. The SMILES string of the molecule is CONC(=O)c1cn(-c2ccc3c(c2)CCC3)c2nc(Nc3ccc(CCN4CC(O)C4)cc3)ncc2c1=O. The number of fused-ring (bicyclic) bond motifs is 2. The Bertz CT molecular complexity index is 1590. The van der Waals surface area contributed by atoms with Crippen LogP contribution in [0.3, 0.4) is 0 Å². The van der Waals surface area contributed by atoms with Gasteiger partial charge in [-0.05, 0) is 66.6 Å². The van der Waals surface area contributed by atoms with Gasteiger partial charge in [-0.15, -0.1) is 0 Å². The van der Waals surface area contributed by atoms with Crippen molar-refractivity contribution in [1.29, 1.82) is 0 Å². The van der Waals surface area contributed by atoms with Gasteiger partial charge in [0.25, 0.3) is 5.91 Å². The lowest BCUT2D eigenvalue weighted by Gasteiger charge is -2.35. The van der Waals surface area contributed by atoms with Gasteiger partial charge in [-0.25, -0.2) is 10.5 Å². The van der Waals surface area contributed by atoms with Gasteiger partial charge in [0.05, 0.1) is 18.6 Å². The molecule has 4 aromatic rings. The number of amides is 1. The summed E-state index contributed by atoms with van der Waals surface area (Å²) in [5.74, 6) is -0.292. The van der Waals surface area contributed by atoms with Crippen LogP contribution in [0.15, 0.2) is 59.7 Å². The number of hydrogen-bond acceptors (Lipinski definition) is 8. The van der Waals surface area contributed by atoms with Crippen LogP contribution in [-0.2, 0) is 24.1 Å². The maximum atomic E-state index is 13.2. The quantitative estimate of drug-likeness (QED) is 0.300. The molecule has 3 N–H and O–H groups in total. The van der Waals surface area contributed by atoms with Crippen molar-refractivity contribution in [2.75, 3.05) is 32.1 Å². The molecule has 1 amide bonds. The van der Waals surface area contributed by atoms with Crippen molar-refractivity contribution in [3.05, 3.63) is 87.3 Å². The number of likely N-dealkylation sites (tertiary alicyclic amines) is 1. The molecule has 3 heterocycles. The first kappa shape index (κ1) is 25.2. The number of carbonyl (C=O) groups is 1. The van der Waals surface area contributed by atoms with Gasteiger partial charge in [0, 0.05) is 43.4 Å². The van der Waals surface area contributed by atoms with Gasteiger partial charge in [-0.2, -0.15) is 4.98 Å². The number of aryl methyl sites for hydroxylation is 2. The average molecular weight is 527 g/mol. The summed E-state index contributed by atoms with van der Waals surface area (Å²) in [5, 5.41) is 12.9. The van der Waals surface area contributed by atoms with E-state index < -0.39 is 11.3 Å². The summed E-state index contributed by atoms with van der Waals surface area (Å²) in [4.78, 5) is 41.9. The van der Waals surface area contributed by atoms with E-state index >= 15 is 0 Å². The van der Waals surface area contributed by atoms with Crippen LogP contribution >= 0.6 is 0 Å². The monoisotopic (exact) mass is 526 g/mol. The standard InChI is InChI=1S/C29H30N6O4/c1-39-33-28(38)25-17-35(22-10-7-19-3-2-4-20(19)13-22)27-24(26(25)37)14-30-29(32-27)31-21-8-5-18(6-9-21)11-12-34-15-23(36)16-34/h5-10,13-14,17,23,36H,2-4,11-12,15-16H2,1H3,(H,33,38)(H,30,31,32). The molecule has 2 aromatic carbocycles. The first-order valence-corrected chi connectivity index (χ1v) is 13.1. The number of rotatable bonds is 8. The molecule has 10 nitrogen and oxygen atoms in total. The zero-order valence-corrected chi connectivity index (χ0v) is 21.7. The molecule has 0 bridgehead atoms. The Kier molecular flexibility index (Phi) is 6.82. The zero-order valence-electron chi connectivity index (χ0n) is 21.7. The summed E-state index contributed by atoms with van der Waals surface area (Å²) < 4.78 is 1.77. The Morgan fingerprint density at radius 3 is 2.69 bits per heavy atom. The normalized spacial score (nSPS) is 15.2. The number of aromatic nitrogens is 3.